The van der Waals surface area contributed by atoms with Crippen LogP contribution in [0.5, 0.6) is 11.6 Å². The molecule has 0 aliphatic rings. The van der Waals surface area contributed by atoms with Gasteiger partial charge in [-0.3, -0.25) is 0 Å². The van der Waals surface area contributed by atoms with E-state index >= 15 is 0 Å². The first-order valence-corrected chi connectivity index (χ1v) is 6.67. The predicted octanol–water partition coefficient (Wildman–Crippen LogP) is 2.67. The van der Waals surface area contributed by atoms with Gasteiger partial charge in [-0.2, -0.15) is 0 Å². The topological polar surface area (TPSA) is 56.3 Å². The number of para-hydroxylation sites is 1. The minimum atomic E-state index is 0.443. The molecule has 2 aromatic rings. The van der Waals surface area contributed by atoms with E-state index in [0.29, 0.717) is 19.1 Å². The lowest BCUT2D eigenvalue weighted by molar-refractivity contribution is 0.211. The SMILES string of the molecule is CCNc1ncnc(OCCOc2ccccc2)c1C. The molecule has 5 nitrogen and oxygen atoms in total. The van der Waals surface area contributed by atoms with Crippen molar-refractivity contribution in [1.82, 2.24) is 9.97 Å². The highest BCUT2D eigenvalue weighted by atomic mass is 16.5. The maximum absolute atomic E-state index is 5.63. The number of hydrogen-bond donors (Lipinski definition) is 1. The minimum absolute atomic E-state index is 0.443. The second kappa shape index (κ2) is 7.33. The molecular weight excluding hydrogens is 254 g/mol. The normalized spacial score (nSPS) is 10.1. The zero-order chi connectivity index (χ0) is 14.2. The average Bonchev–Trinajstić information content (AvgIpc) is 2.48. The third-order valence-corrected chi connectivity index (χ3v) is 2.72. The lowest BCUT2D eigenvalue weighted by atomic mass is 10.3. The summed E-state index contributed by atoms with van der Waals surface area (Å²) in [6.45, 7) is 5.69. The summed E-state index contributed by atoms with van der Waals surface area (Å²) in [5, 5.41) is 3.17. The second-order valence-corrected chi connectivity index (χ2v) is 4.19. The van der Waals surface area contributed by atoms with Gasteiger partial charge in [0.25, 0.3) is 0 Å². The second-order valence-electron chi connectivity index (χ2n) is 4.19. The van der Waals surface area contributed by atoms with Gasteiger partial charge in [0.15, 0.2) is 0 Å². The van der Waals surface area contributed by atoms with E-state index in [1.807, 2.05) is 44.2 Å². The Hall–Kier alpha value is -2.30. The Labute approximate surface area is 119 Å². The molecule has 0 saturated carbocycles. The first kappa shape index (κ1) is 14.1. The van der Waals surface area contributed by atoms with Gasteiger partial charge in [-0.1, -0.05) is 18.2 Å². The van der Waals surface area contributed by atoms with E-state index in [0.717, 1.165) is 23.7 Å². The highest BCUT2D eigenvalue weighted by molar-refractivity contribution is 5.47. The summed E-state index contributed by atoms with van der Waals surface area (Å²) in [4.78, 5) is 8.31. The van der Waals surface area contributed by atoms with Crippen LogP contribution >= 0.6 is 0 Å². The van der Waals surface area contributed by atoms with E-state index in [2.05, 4.69) is 15.3 Å². The van der Waals surface area contributed by atoms with Crippen molar-refractivity contribution in [1.29, 1.82) is 0 Å². The number of nitrogens with one attached hydrogen (secondary N) is 1. The number of anilines is 1. The largest absolute Gasteiger partial charge is 0.490 e. The maximum atomic E-state index is 5.63. The van der Waals surface area contributed by atoms with Crippen LogP contribution in [0.25, 0.3) is 0 Å². The van der Waals surface area contributed by atoms with Crippen molar-refractivity contribution >= 4 is 5.82 Å². The first-order valence-electron chi connectivity index (χ1n) is 6.67. The molecule has 0 spiro atoms. The van der Waals surface area contributed by atoms with Crippen LogP contribution < -0.4 is 14.8 Å². The van der Waals surface area contributed by atoms with Gasteiger partial charge < -0.3 is 14.8 Å². The summed E-state index contributed by atoms with van der Waals surface area (Å²) in [6.07, 6.45) is 1.50. The average molecular weight is 273 g/mol. The van der Waals surface area contributed by atoms with Crippen LogP contribution in [0.4, 0.5) is 5.82 Å². The smallest absolute Gasteiger partial charge is 0.221 e. The maximum Gasteiger partial charge on any atom is 0.221 e. The molecule has 5 heteroatoms. The molecule has 0 aliphatic carbocycles. The molecule has 0 radical (unpaired) electrons. The predicted molar refractivity (Wildman–Crippen MR) is 78.4 cm³/mol. The molecule has 0 fully saturated rings. The van der Waals surface area contributed by atoms with E-state index < -0.39 is 0 Å². The quantitative estimate of drug-likeness (QED) is 0.786. The molecule has 1 N–H and O–H groups in total. The van der Waals surface area contributed by atoms with Crippen molar-refractivity contribution in [2.75, 3.05) is 25.1 Å². The van der Waals surface area contributed by atoms with Gasteiger partial charge in [-0.05, 0) is 26.0 Å². The molecule has 0 amide bonds. The van der Waals surface area contributed by atoms with Crippen LogP contribution in [0.3, 0.4) is 0 Å². The van der Waals surface area contributed by atoms with Gasteiger partial charge in [-0.25, -0.2) is 9.97 Å². The zero-order valence-electron chi connectivity index (χ0n) is 11.8. The van der Waals surface area contributed by atoms with E-state index in [1.54, 1.807) is 0 Å². The highest BCUT2D eigenvalue weighted by Crippen LogP contribution is 2.20. The van der Waals surface area contributed by atoms with Crippen LogP contribution in [0.1, 0.15) is 12.5 Å². The zero-order valence-corrected chi connectivity index (χ0v) is 11.8. The Morgan fingerprint density at radius 2 is 1.80 bits per heavy atom. The van der Waals surface area contributed by atoms with Gasteiger partial charge in [-0.15, -0.1) is 0 Å². The molecule has 20 heavy (non-hydrogen) atoms. The van der Waals surface area contributed by atoms with Crippen molar-refractivity contribution < 1.29 is 9.47 Å². The van der Waals surface area contributed by atoms with Gasteiger partial charge in [0.05, 0.1) is 5.56 Å². The van der Waals surface area contributed by atoms with Crippen LogP contribution in [0.15, 0.2) is 36.7 Å². The van der Waals surface area contributed by atoms with Crippen LogP contribution in [-0.4, -0.2) is 29.7 Å². The van der Waals surface area contributed by atoms with E-state index in [9.17, 15) is 0 Å². The molecule has 1 aromatic heterocycles. The molecule has 0 aliphatic heterocycles. The highest BCUT2D eigenvalue weighted by Gasteiger charge is 2.07. The Morgan fingerprint density at radius 3 is 2.55 bits per heavy atom. The lowest BCUT2D eigenvalue weighted by Crippen LogP contribution is -2.11. The monoisotopic (exact) mass is 273 g/mol. The van der Waals surface area contributed by atoms with Gasteiger partial charge >= 0.3 is 0 Å². The summed E-state index contributed by atoms with van der Waals surface area (Å²) in [5.41, 5.74) is 0.911. The van der Waals surface area contributed by atoms with Crippen LogP contribution in [0.2, 0.25) is 0 Å². The Balaban J connectivity index is 1.83. The number of hydrogen-bond acceptors (Lipinski definition) is 5. The molecule has 1 aromatic carbocycles. The van der Waals surface area contributed by atoms with Crippen LogP contribution in [-0.2, 0) is 0 Å². The number of benzene rings is 1. The third kappa shape index (κ3) is 3.85. The molecule has 0 atom stereocenters. The fourth-order valence-electron chi connectivity index (χ4n) is 1.74. The lowest BCUT2D eigenvalue weighted by Gasteiger charge is -2.11. The van der Waals surface area contributed by atoms with Crippen molar-refractivity contribution in [3.63, 3.8) is 0 Å². The third-order valence-electron chi connectivity index (χ3n) is 2.72. The van der Waals surface area contributed by atoms with E-state index in [-0.39, 0.29) is 0 Å². The molecule has 0 unspecified atom stereocenters. The molecule has 106 valence electrons. The number of ether oxygens (including phenoxy) is 2. The fourth-order valence-corrected chi connectivity index (χ4v) is 1.74. The van der Waals surface area contributed by atoms with E-state index in [4.69, 9.17) is 9.47 Å². The van der Waals surface area contributed by atoms with Crippen molar-refractivity contribution in [2.45, 2.75) is 13.8 Å². The van der Waals surface area contributed by atoms with Crippen LogP contribution in [0, 0.1) is 6.92 Å². The Kier molecular flexibility index (Phi) is 5.17. The number of rotatable bonds is 7. The summed E-state index contributed by atoms with van der Waals surface area (Å²) in [5.74, 6) is 2.23. The van der Waals surface area contributed by atoms with Crippen molar-refractivity contribution in [3.05, 3.63) is 42.2 Å². The standard InChI is InChI=1S/C15H19N3O2/c1-3-16-14-12(2)15(18-11-17-14)20-10-9-19-13-7-5-4-6-8-13/h4-8,11H,3,9-10H2,1-2H3,(H,16,17,18). The van der Waals surface area contributed by atoms with Crippen molar-refractivity contribution in [3.8, 4) is 11.6 Å². The summed E-state index contributed by atoms with van der Waals surface area (Å²) in [6, 6.07) is 9.66. The molecule has 1 heterocycles. The minimum Gasteiger partial charge on any atom is -0.490 e. The summed E-state index contributed by atoms with van der Waals surface area (Å²) < 4.78 is 11.2. The van der Waals surface area contributed by atoms with Crippen molar-refractivity contribution in [2.24, 2.45) is 0 Å². The molecule has 0 bridgehead atoms. The number of nitrogens with zero attached hydrogens (tertiary/aromatic N) is 2. The summed E-state index contributed by atoms with van der Waals surface area (Å²) in [7, 11) is 0. The first-order chi connectivity index (χ1) is 9.81. The summed E-state index contributed by atoms with van der Waals surface area (Å²) >= 11 is 0. The molecular formula is C15H19N3O2. The van der Waals surface area contributed by atoms with Gasteiger partial charge in [0.1, 0.15) is 31.1 Å². The Morgan fingerprint density at radius 1 is 1.05 bits per heavy atom. The van der Waals surface area contributed by atoms with Gasteiger partial charge in [0, 0.05) is 6.54 Å². The number of aromatic nitrogens is 2. The Bertz CT molecular complexity index is 532. The van der Waals surface area contributed by atoms with Gasteiger partial charge in [0.2, 0.25) is 5.88 Å². The fraction of sp³-hybridized carbons (Fsp3) is 0.333. The van der Waals surface area contributed by atoms with E-state index in [1.165, 1.54) is 6.33 Å². The molecule has 0 saturated heterocycles. The molecule has 2 rings (SSSR count).